The van der Waals surface area contributed by atoms with Crippen molar-refractivity contribution in [2.75, 3.05) is 26.2 Å². The van der Waals surface area contributed by atoms with Crippen molar-refractivity contribution in [3.63, 3.8) is 0 Å². The second-order valence-corrected chi connectivity index (χ2v) is 7.61. The average molecular weight is 331 g/mol. The first kappa shape index (κ1) is 19.0. The van der Waals surface area contributed by atoms with E-state index in [0.29, 0.717) is 5.92 Å². The maximum Gasteiger partial charge on any atom is 0.227 e. The predicted molar refractivity (Wildman–Crippen MR) is 101 cm³/mol. The first-order valence-corrected chi connectivity index (χ1v) is 9.65. The predicted octanol–water partition coefficient (Wildman–Crippen LogP) is 3.98. The Balaban J connectivity index is 1.71. The summed E-state index contributed by atoms with van der Waals surface area (Å²) in [6.45, 7) is 10.8. The molecule has 0 spiro atoms. The molecule has 0 radical (unpaired) electrons. The Hall–Kier alpha value is -1.35. The summed E-state index contributed by atoms with van der Waals surface area (Å²) in [5.41, 5.74) is 2.46. The number of rotatable bonds is 8. The van der Waals surface area contributed by atoms with Crippen LogP contribution in [0.4, 0.5) is 0 Å². The Morgan fingerprint density at radius 3 is 2.38 bits per heavy atom. The minimum atomic E-state index is -0.0758. The van der Waals surface area contributed by atoms with Crippen molar-refractivity contribution in [1.82, 2.24) is 10.2 Å². The smallest absolute Gasteiger partial charge is 0.227 e. The van der Waals surface area contributed by atoms with Gasteiger partial charge in [-0.2, -0.15) is 0 Å². The normalized spacial score (nSPS) is 17.0. The molecular formula is C21H34N2O. The van der Waals surface area contributed by atoms with Crippen LogP contribution >= 0.6 is 0 Å². The molecule has 1 atom stereocenters. The van der Waals surface area contributed by atoms with E-state index < -0.39 is 0 Å². The number of likely N-dealkylation sites (tertiary alicyclic amines) is 1. The van der Waals surface area contributed by atoms with E-state index >= 15 is 0 Å². The van der Waals surface area contributed by atoms with Gasteiger partial charge in [-0.05, 0) is 69.3 Å². The highest BCUT2D eigenvalue weighted by molar-refractivity contribution is 5.83. The van der Waals surface area contributed by atoms with Gasteiger partial charge in [0.2, 0.25) is 5.91 Å². The number of nitrogens with zero attached hydrogens (tertiary/aromatic N) is 1. The molecule has 1 aliphatic rings. The molecule has 1 N–H and O–H groups in total. The van der Waals surface area contributed by atoms with E-state index in [2.05, 4.69) is 48.3 Å². The summed E-state index contributed by atoms with van der Waals surface area (Å²) in [7, 11) is 0. The SMILES string of the molecule is CC(C)Cc1ccc([C@H](C)C(=O)NCCCN2CCCCC2)cc1. The van der Waals surface area contributed by atoms with E-state index in [1.54, 1.807) is 0 Å². The van der Waals surface area contributed by atoms with Crippen molar-refractivity contribution in [2.24, 2.45) is 5.92 Å². The van der Waals surface area contributed by atoms with Gasteiger partial charge in [0.05, 0.1) is 5.92 Å². The Morgan fingerprint density at radius 2 is 1.75 bits per heavy atom. The molecule has 3 heteroatoms. The van der Waals surface area contributed by atoms with E-state index in [4.69, 9.17) is 0 Å². The summed E-state index contributed by atoms with van der Waals surface area (Å²) in [4.78, 5) is 14.9. The van der Waals surface area contributed by atoms with Crippen molar-refractivity contribution in [3.8, 4) is 0 Å². The number of benzene rings is 1. The molecule has 24 heavy (non-hydrogen) atoms. The van der Waals surface area contributed by atoms with E-state index in [1.165, 1.54) is 37.9 Å². The molecule has 0 saturated carbocycles. The Kier molecular flexibility index (Phi) is 7.77. The average Bonchev–Trinajstić information content (AvgIpc) is 2.59. The highest BCUT2D eigenvalue weighted by atomic mass is 16.1. The topological polar surface area (TPSA) is 32.3 Å². The van der Waals surface area contributed by atoms with Crippen LogP contribution in [0.5, 0.6) is 0 Å². The fourth-order valence-corrected chi connectivity index (χ4v) is 3.42. The van der Waals surface area contributed by atoms with Crippen molar-refractivity contribution in [1.29, 1.82) is 0 Å². The Labute approximate surface area is 147 Å². The molecule has 0 bridgehead atoms. The van der Waals surface area contributed by atoms with E-state index in [0.717, 1.165) is 31.5 Å². The molecule has 1 saturated heterocycles. The zero-order valence-corrected chi connectivity index (χ0v) is 15.7. The quantitative estimate of drug-likeness (QED) is 0.731. The van der Waals surface area contributed by atoms with E-state index in [1.807, 2.05) is 6.92 Å². The lowest BCUT2D eigenvalue weighted by molar-refractivity contribution is -0.122. The molecule has 1 aromatic rings. The van der Waals surface area contributed by atoms with Gasteiger partial charge in [0.25, 0.3) is 0 Å². The molecule has 1 aliphatic heterocycles. The van der Waals surface area contributed by atoms with Gasteiger partial charge in [-0.15, -0.1) is 0 Å². The lowest BCUT2D eigenvalue weighted by Gasteiger charge is -2.26. The van der Waals surface area contributed by atoms with Gasteiger partial charge < -0.3 is 10.2 Å². The van der Waals surface area contributed by atoms with Crippen molar-refractivity contribution < 1.29 is 4.79 Å². The first-order chi connectivity index (χ1) is 11.6. The second-order valence-electron chi connectivity index (χ2n) is 7.61. The van der Waals surface area contributed by atoms with Crippen LogP contribution in [0.1, 0.15) is 63.5 Å². The molecule has 1 fully saturated rings. The Bertz CT molecular complexity index is 489. The van der Waals surface area contributed by atoms with Crippen LogP contribution in [0.3, 0.4) is 0 Å². The summed E-state index contributed by atoms with van der Waals surface area (Å²) < 4.78 is 0. The third kappa shape index (κ3) is 6.27. The minimum absolute atomic E-state index is 0.0758. The zero-order valence-electron chi connectivity index (χ0n) is 15.7. The number of piperidine rings is 1. The fourth-order valence-electron chi connectivity index (χ4n) is 3.42. The second kappa shape index (κ2) is 9.83. The molecule has 0 aromatic heterocycles. The highest BCUT2D eigenvalue weighted by Gasteiger charge is 2.15. The van der Waals surface area contributed by atoms with Gasteiger partial charge in [-0.1, -0.05) is 44.5 Å². The number of nitrogens with one attached hydrogen (secondary N) is 1. The number of hydrogen-bond acceptors (Lipinski definition) is 2. The standard InChI is InChI=1S/C21H34N2O/c1-17(2)16-19-8-10-20(11-9-19)18(3)21(24)22-12-7-15-23-13-5-4-6-14-23/h8-11,17-18H,4-7,12-16H2,1-3H3,(H,22,24)/t18-/m0/s1. The third-order valence-electron chi connectivity index (χ3n) is 4.92. The van der Waals surface area contributed by atoms with Crippen LogP contribution in [0.25, 0.3) is 0 Å². The molecule has 1 amide bonds. The molecule has 0 unspecified atom stereocenters. The van der Waals surface area contributed by atoms with Crippen LogP contribution in [0.15, 0.2) is 24.3 Å². The largest absolute Gasteiger partial charge is 0.356 e. The minimum Gasteiger partial charge on any atom is -0.356 e. The van der Waals surface area contributed by atoms with E-state index in [-0.39, 0.29) is 11.8 Å². The number of hydrogen-bond donors (Lipinski definition) is 1. The Morgan fingerprint density at radius 1 is 1.08 bits per heavy atom. The van der Waals surface area contributed by atoms with Crippen molar-refractivity contribution in [2.45, 2.75) is 58.8 Å². The summed E-state index contributed by atoms with van der Waals surface area (Å²) in [5.74, 6) is 0.731. The van der Waals surface area contributed by atoms with Crippen LogP contribution in [-0.4, -0.2) is 37.0 Å². The first-order valence-electron chi connectivity index (χ1n) is 9.65. The zero-order chi connectivity index (χ0) is 17.4. The summed E-state index contributed by atoms with van der Waals surface area (Å²) in [6, 6.07) is 8.54. The van der Waals surface area contributed by atoms with Gasteiger partial charge in [-0.3, -0.25) is 4.79 Å². The van der Waals surface area contributed by atoms with Crippen LogP contribution < -0.4 is 5.32 Å². The van der Waals surface area contributed by atoms with Crippen molar-refractivity contribution in [3.05, 3.63) is 35.4 Å². The van der Waals surface area contributed by atoms with Gasteiger partial charge in [-0.25, -0.2) is 0 Å². The van der Waals surface area contributed by atoms with Crippen LogP contribution in [0.2, 0.25) is 0 Å². The number of carbonyl (C=O) groups is 1. The van der Waals surface area contributed by atoms with Gasteiger partial charge >= 0.3 is 0 Å². The summed E-state index contributed by atoms with van der Waals surface area (Å²) in [6.07, 6.45) is 6.18. The molecule has 3 nitrogen and oxygen atoms in total. The van der Waals surface area contributed by atoms with Crippen LogP contribution in [-0.2, 0) is 11.2 Å². The van der Waals surface area contributed by atoms with E-state index in [9.17, 15) is 4.79 Å². The van der Waals surface area contributed by atoms with Crippen LogP contribution in [0, 0.1) is 5.92 Å². The molecular weight excluding hydrogens is 296 g/mol. The third-order valence-corrected chi connectivity index (χ3v) is 4.92. The molecule has 2 rings (SSSR count). The maximum absolute atomic E-state index is 12.3. The van der Waals surface area contributed by atoms with Gasteiger partial charge in [0.15, 0.2) is 0 Å². The molecule has 0 aliphatic carbocycles. The fraction of sp³-hybridized carbons (Fsp3) is 0.667. The van der Waals surface area contributed by atoms with Crippen molar-refractivity contribution >= 4 is 5.91 Å². The summed E-state index contributed by atoms with van der Waals surface area (Å²) >= 11 is 0. The van der Waals surface area contributed by atoms with Gasteiger partial charge in [0.1, 0.15) is 0 Å². The monoisotopic (exact) mass is 330 g/mol. The highest BCUT2D eigenvalue weighted by Crippen LogP contribution is 2.17. The van der Waals surface area contributed by atoms with Gasteiger partial charge in [0, 0.05) is 6.54 Å². The molecule has 1 heterocycles. The molecule has 1 aromatic carbocycles. The molecule has 134 valence electrons. The number of carbonyl (C=O) groups excluding carboxylic acids is 1. The lowest BCUT2D eigenvalue weighted by atomic mass is 9.96. The summed E-state index contributed by atoms with van der Waals surface area (Å²) in [5, 5.41) is 3.10. The maximum atomic E-state index is 12.3. The lowest BCUT2D eigenvalue weighted by Crippen LogP contribution is -2.34. The number of amides is 1.